The van der Waals surface area contributed by atoms with Gasteiger partial charge in [-0.2, -0.15) is 4.39 Å². The normalized spacial score (nSPS) is 8.93. The van der Waals surface area contributed by atoms with E-state index < -0.39 is 11.6 Å². The van der Waals surface area contributed by atoms with Gasteiger partial charge in [-0.15, -0.1) is 0 Å². The van der Waals surface area contributed by atoms with Gasteiger partial charge >= 0.3 is 0 Å². The number of methoxy groups -OCH3 is 1. The van der Waals surface area contributed by atoms with E-state index in [1.54, 1.807) is 7.05 Å². The second-order valence-corrected chi connectivity index (χ2v) is 2.93. The van der Waals surface area contributed by atoms with Crippen LogP contribution >= 0.6 is 0 Å². The van der Waals surface area contributed by atoms with E-state index in [1.807, 2.05) is 0 Å². The molecule has 0 saturated carbocycles. The first kappa shape index (κ1) is 13.7. The molecule has 0 unspecified atom stereocenters. The fraction of sp³-hybridized carbons (Fsp3) is 0.455. The summed E-state index contributed by atoms with van der Waals surface area (Å²) in [7, 11) is 2.91. The number of ether oxygens (including phenoxy) is 1. The zero-order chi connectivity index (χ0) is 11.8. The van der Waals surface area contributed by atoms with Gasteiger partial charge in [0.15, 0.2) is 11.6 Å². The molecule has 0 fully saturated rings. The Morgan fingerprint density at radius 3 is 2.20 bits per heavy atom. The lowest BCUT2D eigenvalue weighted by Gasteiger charge is -2.05. The molecule has 0 aliphatic carbocycles. The molecule has 0 aliphatic rings. The zero-order valence-corrected chi connectivity index (χ0v) is 9.53. The predicted octanol–water partition coefficient (Wildman–Crippen LogP) is 3.43. The highest BCUT2D eigenvalue weighted by molar-refractivity contribution is 5.48. The minimum Gasteiger partial charge on any atom is -0.493 e. The van der Waals surface area contributed by atoms with Crippen molar-refractivity contribution in [2.45, 2.75) is 20.3 Å². The standard InChI is InChI=1S/C8H9F2NO.C3H8/c1-11-5-3-6(9)8(10)7(4-5)12-2;1-3-2/h3-4,11H,1-2H3;3H2,1-2H3. The van der Waals surface area contributed by atoms with Gasteiger partial charge in [0.25, 0.3) is 0 Å². The Labute approximate surface area is 89.3 Å². The summed E-state index contributed by atoms with van der Waals surface area (Å²) in [5.74, 6) is -1.98. The molecule has 0 bridgehead atoms. The molecule has 1 aromatic carbocycles. The number of hydrogen-bond acceptors (Lipinski definition) is 2. The molecule has 0 atom stereocenters. The minimum absolute atomic E-state index is 0.0978. The third-order valence-corrected chi connectivity index (χ3v) is 1.50. The van der Waals surface area contributed by atoms with E-state index in [0.29, 0.717) is 5.69 Å². The average molecular weight is 217 g/mol. The summed E-state index contributed by atoms with van der Waals surface area (Å²) < 4.78 is 30.1. The van der Waals surface area contributed by atoms with Crippen LogP contribution in [0.15, 0.2) is 12.1 Å². The number of halogens is 2. The lowest BCUT2D eigenvalue weighted by molar-refractivity contribution is 0.372. The highest BCUT2D eigenvalue weighted by Gasteiger charge is 2.09. The van der Waals surface area contributed by atoms with E-state index in [1.165, 1.54) is 19.6 Å². The van der Waals surface area contributed by atoms with Gasteiger partial charge in [0, 0.05) is 24.9 Å². The first-order valence-corrected chi connectivity index (χ1v) is 4.81. The Morgan fingerprint density at radius 2 is 1.80 bits per heavy atom. The van der Waals surface area contributed by atoms with Crippen LogP contribution in [0, 0.1) is 11.6 Å². The summed E-state index contributed by atoms with van der Waals surface area (Å²) in [6, 6.07) is 2.45. The fourth-order valence-corrected chi connectivity index (χ4v) is 0.857. The Morgan fingerprint density at radius 1 is 1.27 bits per heavy atom. The minimum atomic E-state index is -0.962. The predicted molar refractivity (Wildman–Crippen MR) is 58.4 cm³/mol. The SMILES string of the molecule is CCC.CNc1cc(F)c(F)c(OC)c1. The molecular formula is C11H17F2NO. The molecule has 2 nitrogen and oxygen atoms in total. The topological polar surface area (TPSA) is 21.3 Å². The van der Waals surface area contributed by atoms with Gasteiger partial charge in [0.1, 0.15) is 0 Å². The average Bonchev–Trinajstić information content (AvgIpc) is 2.23. The van der Waals surface area contributed by atoms with E-state index in [4.69, 9.17) is 0 Å². The van der Waals surface area contributed by atoms with E-state index in [-0.39, 0.29) is 5.75 Å². The largest absolute Gasteiger partial charge is 0.493 e. The van der Waals surface area contributed by atoms with E-state index in [9.17, 15) is 8.78 Å². The van der Waals surface area contributed by atoms with Crippen LogP contribution in [-0.2, 0) is 0 Å². The van der Waals surface area contributed by atoms with Crippen molar-refractivity contribution in [3.8, 4) is 5.75 Å². The lowest BCUT2D eigenvalue weighted by Crippen LogP contribution is -1.95. The highest BCUT2D eigenvalue weighted by Crippen LogP contribution is 2.24. The highest BCUT2D eigenvalue weighted by atomic mass is 19.2. The van der Waals surface area contributed by atoms with Crippen molar-refractivity contribution in [3.05, 3.63) is 23.8 Å². The van der Waals surface area contributed by atoms with Crippen LogP contribution in [-0.4, -0.2) is 14.2 Å². The van der Waals surface area contributed by atoms with Crippen molar-refractivity contribution in [1.29, 1.82) is 0 Å². The summed E-state index contributed by atoms with van der Waals surface area (Å²) in [5, 5.41) is 2.68. The Kier molecular flexibility index (Phi) is 6.42. The molecule has 15 heavy (non-hydrogen) atoms. The molecule has 86 valence electrons. The van der Waals surface area contributed by atoms with Crippen molar-refractivity contribution >= 4 is 5.69 Å². The monoisotopic (exact) mass is 217 g/mol. The summed E-state index contributed by atoms with van der Waals surface area (Å²) in [6.07, 6.45) is 1.25. The Bertz CT molecular complexity index is 303. The van der Waals surface area contributed by atoms with Crippen molar-refractivity contribution in [2.75, 3.05) is 19.5 Å². The maximum atomic E-state index is 12.8. The van der Waals surface area contributed by atoms with Gasteiger partial charge < -0.3 is 10.1 Å². The van der Waals surface area contributed by atoms with Gasteiger partial charge in [-0.1, -0.05) is 20.3 Å². The molecule has 0 amide bonds. The van der Waals surface area contributed by atoms with Crippen molar-refractivity contribution in [3.63, 3.8) is 0 Å². The number of rotatable bonds is 2. The second-order valence-electron chi connectivity index (χ2n) is 2.93. The maximum absolute atomic E-state index is 12.8. The number of benzene rings is 1. The molecular weight excluding hydrogens is 200 g/mol. The van der Waals surface area contributed by atoms with Crippen LogP contribution in [0.2, 0.25) is 0 Å². The maximum Gasteiger partial charge on any atom is 0.200 e. The van der Waals surface area contributed by atoms with Crippen molar-refractivity contribution in [2.24, 2.45) is 0 Å². The molecule has 4 heteroatoms. The second kappa shape index (κ2) is 7.04. The first-order chi connectivity index (χ1) is 7.10. The van der Waals surface area contributed by atoms with E-state index in [0.717, 1.165) is 6.07 Å². The number of anilines is 1. The third-order valence-electron chi connectivity index (χ3n) is 1.50. The van der Waals surface area contributed by atoms with Crippen LogP contribution in [0.5, 0.6) is 5.75 Å². The summed E-state index contributed by atoms with van der Waals surface area (Å²) in [4.78, 5) is 0. The third kappa shape index (κ3) is 4.14. The Hall–Kier alpha value is -1.32. The molecule has 0 heterocycles. The molecule has 0 aromatic heterocycles. The van der Waals surface area contributed by atoms with Gasteiger partial charge in [0.05, 0.1) is 7.11 Å². The summed E-state index contributed by atoms with van der Waals surface area (Å²) in [6.45, 7) is 4.25. The van der Waals surface area contributed by atoms with Gasteiger partial charge in [-0.3, -0.25) is 0 Å². The smallest absolute Gasteiger partial charge is 0.200 e. The van der Waals surface area contributed by atoms with Crippen LogP contribution < -0.4 is 10.1 Å². The summed E-state index contributed by atoms with van der Waals surface area (Å²) >= 11 is 0. The van der Waals surface area contributed by atoms with Gasteiger partial charge in [-0.05, 0) is 0 Å². The zero-order valence-electron chi connectivity index (χ0n) is 9.53. The van der Waals surface area contributed by atoms with Crippen LogP contribution in [0.4, 0.5) is 14.5 Å². The molecule has 1 N–H and O–H groups in total. The van der Waals surface area contributed by atoms with Crippen molar-refractivity contribution < 1.29 is 13.5 Å². The van der Waals surface area contributed by atoms with Gasteiger partial charge in [-0.25, -0.2) is 4.39 Å². The van der Waals surface area contributed by atoms with Crippen LogP contribution in [0.3, 0.4) is 0 Å². The quantitative estimate of drug-likeness (QED) is 0.819. The molecule has 1 rings (SSSR count). The van der Waals surface area contributed by atoms with Crippen molar-refractivity contribution in [1.82, 2.24) is 0 Å². The fourth-order valence-electron chi connectivity index (χ4n) is 0.857. The lowest BCUT2D eigenvalue weighted by atomic mass is 10.3. The van der Waals surface area contributed by atoms with Gasteiger partial charge in [0.2, 0.25) is 5.82 Å². The van der Waals surface area contributed by atoms with Crippen LogP contribution in [0.1, 0.15) is 20.3 Å². The van der Waals surface area contributed by atoms with E-state index in [2.05, 4.69) is 23.9 Å². The molecule has 1 aromatic rings. The van der Waals surface area contributed by atoms with E-state index >= 15 is 0 Å². The molecule has 0 saturated heterocycles. The molecule has 0 spiro atoms. The molecule has 0 radical (unpaired) electrons. The number of hydrogen-bond donors (Lipinski definition) is 1. The Balaban J connectivity index is 0.000000583. The van der Waals surface area contributed by atoms with Crippen LogP contribution in [0.25, 0.3) is 0 Å². The molecule has 0 aliphatic heterocycles. The first-order valence-electron chi connectivity index (χ1n) is 4.81. The summed E-state index contributed by atoms with van der Waals surface area (Å²) in [5.41, 5.74) is 0.478. The number of nitrogens with one attached hydrogen (secondary N) is 1.